The molecule has 0 aromatic rings. The molecule has 0 aromatic carbocycles. The lowest BCUT2D eigenvalue weighted by molar-refractivity contribution is -0.298. The summed E-state index contributed by atoms with van der Waals surface area (Å²) in [6.07, 6.45) is -13.2. The number of hydrogen-bond acceptors (Lipinski definition) is 3. The normalized spacial score (nSPS) is 13.3. The molecule has 0 saturated heterocycles. The van der Waals surface area contributed by atoms with Gasteiger partial charge in [0.1, 0.15) is 6.61 Å². The Bertz CT molecular complexity index is 287. The summed E-state index contributed by atoms with van der Waals surface area (Å²) in [5.41, 5.74) is -4.37. The van der Waals surface area contributed by atoms with Crippen molar-refractivity contribution < 1.29 is 40.6 Å². The zero-order chi connectivity index (χ0) is 15.3. The average Bonchev–Trinajstić information content (AvgIpc) is 2.21. The van der Waals surface area contributed by atoms with Crippen LogP contribution in [0.3, 0.4) is 0 Å². The molecule has 0 saturated carbocycles. The van der Waals surface area contributed by atoms with E-state index in [1.807, 2.05) is 0 Å². The van der Waals surface area contributed by atoms with E-state index in [2.05, 4.69) is 4.74 Å². The molecule has 4 nitrogen and oxygen atoms in total. The Balaban J connectivity index is 4.65. The number of nitrogens with one attached hydrogen (secondary N) is 1. The van der Waals surface area contributed by atoms with Gasteiger partial charge in [0.25, 0.3) is 0 Å². The average molecular weight is 297 g/mol. The molecular formula is C9H13F6NO3. The molecule has 1 amide bonds. The third-order valence-electron chi connectivity index (χ3n) is 2.15. The van der Waals surface area contributed by atoms with E-state index in [4.69, 9.17) is 4.74 Å². The van der Waals surface area contributed by atoms with Crippen LogP contribution in [0.5, 0.6) is 0 Å². The van der Waals surface area contributed by atoms with Crippen LogP contribution < -0.4 is 5.32 Å². The van der Waals surface area contributed by atoms with Crippen molar-refractivity contribution in [1.82, 2.24) is 5.32 Å². The van der Waals surface area contributed by atoms with Crippen molar-refractivity contribution in [3.63, 3.8) is 0 Å². The zero-order valence-electron chi connectivity index (χ0n) is 10.1. The molecule has 1 N–H and O–H groups in total. The summed E-state index contributed by atoms with van der Waals surface area (Å²) in [6.45, 7) is 1.12. The van der Waals surface area contributed by atoms with E-state index in [1.165, 1.54) is 0 Å². The van der Waals surface area contributed by atoms with Crippen molar-refractivity contribution in [2.24, 2.45) is 0 Å². The van der Waals surface area contributed by atoms with Gasteiger partial charge in [0.2, 0.25) is 5.54 Å². The van der Waals surface area contributed by atoms with Gasteiger partial charge in [0.05, 0.1) is 6.61 Å². The minimum atomic E-state index is -5.70. The Kier molecular flexibility index (Phi) is 5.91. The van der Waals surface area contributed by atoms with E-state index in [0.29, 0.717) is 0 Å². The fourth-order valence-electron chi connectivity index (χ4n) is 0.880. The molecule has 0 fully saturated rings. The Morgan fingerprint density at radius 2 is 1.53 bits per heavy atom. The predicted molar refractivity (Wildman–Crippen MR) is 51.5 cm³/mol. The van der Waals surface area contributed by atoms with Crippen LogP contribution in [0.15, 0.2) is 0 Å². The molecule has 0 unspecified atom stereocenters. The molecule has 0 heterocycles. The van der Waals surface area contributed by atoms with Crippen molar-refractivity contribution in [3.05, 3.63) is 0 Å². The Labute approximate surface area is 105 Å². The second-order valence-electron chi connectivity index (χ2n) is 3.58. The topological polar surface area (TPSA) is 47.6 Å². The molecule has 0 radical (unpaired) electrons. The van der Waals surface area contributed by atoms with E-state index >= 15 is 0 Å². The van der Waals surface area contributed by atoms with Crippen molar-refractivity contribution in [3.8, 4) is 0 Å². The lowest BCUT2D eigenvalue weighted by Gasteiger charge is -2.34. The summed E-state index contributed by atoms with van der Waals surface area (Å²) in [5, 5.41) is 0.783. The zero-order valence-corrected chi connectivity index (χ0v) is 10.1. The first kappa shape index (κ1) is 17.8. The summed E-state index contributed by atoms with van der Waals surface area (Å²) in [5.74, 6) is 0. The van der Waals surface area contributed by atoms with E-state index < -0.39 is 30.6 Å². The molecule has 0 aliphatic carbocycles. The number of alkyl carbamates (subject to hydrolysis) is 1. The van der Waals surface area contributed by atoms with Crippen LogP contribution in [0.25, 0.3) is 0 Å². The van der Waals surface area contributed by atoms with E-state index in [9.17, 15) is 31.1 Å². The largest absolute Gasteiger partial charge is 0.447 e. The summed E-state index contributed by atoms with van der Waals surface area (Å²) < 4.78 is 83.2. The predicted octanol–water partition coefficient (Wildman–Crippen LogP) is 2.63. The maximum atomic E-state index is 12.4. The molecular weight excluding hydrogens is 284 g/mol. The SMILES string of the molecule is CCOCCOC(=O)NC(C)(C(F)(F)F)C(F)(F)F. The molecule has 0 aliphatic heterocycles. The van der Waals surface area contributed by atoms with Gasteiger partial charge < -0.3 is 9.47 Å². The molecule has 0 rings (SSSR count). The van der Waals surface area contributed by atoms with Gasteiger partial charge in [-0.15, -0.1) is 0 Å². The van der Waals surface area contributed by atoms with Crippen LogP contribution in [-0.2, 0) is 9.47 Å². The Morgan fingerprint density at radius 3 is 1.89 bits per heavy atom. The van der Waals surface area contributed by atoms with Gasteiger partial charge >= 0.3 is 18.4 Å². The molecule has 0 atom stereocenters. The number of rotatable bonds is 5. The fraction of sp³-hybridized carbons (Fsp3) is 0.889. The Morgan fingerprint density at radius 1 is 1.05 bits per heavy atom. The number of carbonyl (C=O) groups is 1. The minimum absolute atomic E-state index is 0.126. The third-order valence-corrected chi connectivity index (χ3v) is 2.15. The molecule has 0 spiro atoms. The van der Waals surface area contributed by atoms with Gasteiger partial charge in [-0.1, -0.05) is 0 Å². The first-order chi connectivity index (χ1) is 8.45. The van der Waals surface area contributed by atoms with Gasteiger partial charge in [-0.25, -0.2) is 4.79 Å². The van der Waals surface area contributed by atoms with Gasteiger partial charge in [-0.05, 0) is 13.8 Å². The maximum Gasteiger partial charge on any atom is 0.420 e. The number of amides is 1. The first-order valence-corrected chi connectivity index (χ1v) is 5.12. The third kappa shape index (κ3) is 4.77. The quantitative estimate of drug-likeness (QED) is 0.627. The maximum absolute atomic E-state index is 12.4. The first-order valence-electron chi connectivity index (χ1n) is 5.12. The van der Waals surface area contributed by atoms with E-state index in [-0.39, 0.29) is 20.1 Å². The number of halogens is 6. The molecule has 10 heteroatoms. The van der Waals surface area contributed by atoms with Crippen LogP contribution in [0.2, 0.25) is 0 Å². The lowest BCUT2D eigenvalue weighted by atomic mass is 10.0. The van der Waals surface area contributed by atoms with Crippen molar-refractivity contribution in [2.45, 2.75) is 31.7 Å². The standard InChI is InChI=1S/C9H13F6NO3/c1-3-18-4-5-19-6(17)16-7(2,8(10,11)12)9(13,14)15/h3-5H2,1-2H3,(H,16,17). The van der Waals surface area contributed by atoms with Crippen LogP contribution in [0.4, 0.5) is 31.1 Å². The highest BCUT2D eigenvalue weighted by Gasteiger charge is 2.69. The van der Waals surface area contributed by atoms with Crippen LogP contribution >= 0.6 is 0 Å². The lowest BCUT2D eigenvalue weighted by Crippen LogP contribution is -2.65. The highest BCUT2D eigenvalue weighted by atomic mass is 19.4. The molecule has 0 aliphatic rings. The second-order valence-corrected chi connectivity index (χ2v) is 3.58. The van der Waals surface area contributed by atoms with Crippen LogP contribution in [0, 0.1) is 0 Å². The molecule has 19 heavy (non-hydrogen) atoms. The van der Waals surface area contributed by atoms with Crippen molar-refractivity contribution >= 4 is 6.09 Å². The van der Waals surface area contributed by atoms with Gasteiger partial charge in [0, 0.05) is 6.61 Å². The number of alkyl halides is 6. The minimum Gasteiger partial charge on any atom is -0.447 e. The highest BCUT2D eigenvalue weighted by Crippen LogP contribution is 2.42. The van der Waals surface area contributed by atoms with Crippen LogP contribution in [0.1, 0.15) is 13.8 Å². The van der Waals surface area contributed by atoms with Gasteiger partial charge in [0.15, 0.2) is 0 Å². The van der Waals surface area contributed by atoms with Crippen molar-refractivity contribution in [2.75, 3.05) is 19.8 Å². The number of carbonyl (C=O) groups excluding carboxylic acids is 1. The smallest absolute Gasteiger partial charge is 0.420 e. The molecule has 114 valence electrons. The number of ether oxygens (including phenoxy) is 2. The molecule has 0 aromatic heterocycles. The summed E-state index contributed by atoms with van der Waals surface area (Å²) in [4.78, 5) is 10.9. The summed E-state index contributed by atoms with van der Waals surface area (Å²) in [7, 11) is 0. The second kappa shape index (κ2) is 6.31. The van der Waals surface area contributed by atoms with Crippen LogP contribution in [-0.4, -0.2) is 43.8 Å². The Hall–Kier alpha value is -1.19. The molecule has 0 bridgehead atoms. The van der Waals surface area contributed by atoms with Crippen molar-refractivity contribution in [1.29, 1.82) is 0 Å². The van der Waals surface area contributed by atoms with Gasteiger partial charge in [-0.2, -0.15) is 26.3 Å². The number of hydrogen-bond donors (Lipinski definition) is 1. The monoisotopic (exact) mass is 297 g/mol. The fourth-order valence-corrected chi connectivity index (χ4v) is 0.880. The van der Waals surface area contributed by atoms with E-state index in [1.54, 1.807) is 6.92 Å². The summed E-state index contributed by atoms with van der Waals surface area (Å²) in [6, 6.07) is 0. The highest BCUT2D eigenvalue weighted by molar-refractivity contribution is 5.68. The summed E-state index contributed by atoms with van der Waals surface area (Å²) >= 11 is 0. The van der Waals surface area contributed by atoms with E-state index in [0.717, 1.165) is 5.32 Å². The van der Waals surface area contributed by atoms with Gasteiger partial charge in [-0.3, -0.25) is 5.32 Å².